The van der Waals surface area contributed by atoms with Crippen molar-refractivity contribution in [2.45, 2.75) is 39.3 Å². The first-order valence-electron chi connectivity index (χ1n) is 9.36. The van der Waals surface area contributed by atoms with Gasteiger partial charge in [0.25, 0.3) is 0 Å². The molecule has 0 bridgehead atoms. The van der Waals surface area contributed by atoms with Crippen molar-refractivity contribution < 1.29 is 9.59 Å². The first-order chi connectivity index (χ1) is 13.0. The van der Waals surface area contributed by atoms with Crippen LogP contribution < -0.4 is 16.0 Å². The molecule has 0 aromatic heterocycles. The van der Waals surface area contributed by atoms with Gasteiger partial charge in [-0.05, 0) is 23.6 Å². The molecule has 0 heterocycles. The summed E-state index contributed by atoms with van der Waals surface area (Å²) in [5.74, 6) is 0.117. The summed E-state index contributed by atoms with van der Waals surface area (Å²) in [7, 11) is 0. The molecule has 0 aliphatic carbocycles. The van der Waals surface area contributed by atoms with Gasteiger partial charge in [-0.15, -0.1) is 0 Å². The highest BCUT2D eigenvalue weighted by Gasteiger charge is 2.19. The van der Waals surface area contributed by atoms with Crippen LogP contribution in [0.15, 0.2) is 60.7 Å². The largest absolute Gasteiger partial charge is 0.380 e. The van der Waals surface area contributed by atoms with Gasteiger partial charge in [0.05, 0.1) is 12.5 Å². The highest BCUT2D eigenvalue weighted by Crippen LogP contribution is 2.17. The van der Waals surface area contributed by atoms with Crippen LogP contribution in [0.1, 0.15) is 38.8 Å². The molecule has 0 saturated carbocycles. The molecule has 0 aliphatic heterocycles. The summed E-state index contributed by atoms with van der Waals surface area (Å²) in [5, 5.41) is 9.33. The molecule has 0 radical (unpaired) electrons. The van der Waals surface area contributed by atoms with Crippen molar-refractivity contribution in [3.05, 3.63) is 66.2 Å². The first-order valence-corrected chi connectivity index (χ1v) is 9.36. The van der Waals surface area contributed by atoms with Gasteiger partial charge in [0.15, 0.2) is 0 Å². The van der Waals surface area contributed by atoms with Gasteiger partial charge in [-0.2, -0.15) is 0 Å². The first kappa shape index (κ1) is 20.5. The lowest BCUT2D eigenvalue weighted by atomic mass is 10.0. The van der Waals surface area contributed by atoms with Crippen LogP contribution >= 0.6 is 0 Å². The zero-order chi connectivity index (χ0) is 19.6. The monoisotopic (exact) mass is 367 g/mol. The van der Waals surface area contributed by atoms with Crippen LogP contribution in [0.5, 0.6) is 0 Å². The van der Waals surface area contributed by atoms with Crippen LogP contribution in [0.2, 0.25) is 0 Å². The number of anilines is 1. The second kappa shape index (κ2) is 10.4. The Hall–Kier alpha value is -2.82. The van der Waals surface area contributed by atoms with E-state index in [0.717, 1.165) is 11.3 Å². The third-order valence-corrected chi connectivity index (χ3v) is 4.42. The molecule has 2 atom stereocenters. The Bertz CT molecular complexity index is 717. The summed E-state index contributed by atoms with van der Waals surface area (Å²) in [5.41, 5.74) is 1.96. The van der Waals surface area contributed by atoms with Crippen molar-refractivity contribution >= 4 is 17.5 Å². The minimum absolute atomic E-state index is 0.0851. The Morgan fingerprint density at radius 3 is 2.07 bits per heavy atom. The maximum Gasteiger partial charge on any atom is 0.222 e. The average molecular weight is 367 g/mol. The maximum atomic E-state index is 12.5. The molecule has 5 heteroatoms. The molecule has 2 aromatic rings. The van der Waals surface area contributed by atoms with Crippen molar-refractivity contribution in [2.24, 2.45) is 5.92 Å². The summed E-state index contributed by atoms with van der Waals surface area (Å²) >= 11 is 0. The fraction of sp³-hybridized carbons (Fsp3) is 0.364. The molecule has 27 heavy (non-hydrogen) atoms. The van der Waals surface area contributed by atoms with Crippen LogP contribution in [0.4, 0.5) is 5.69 Å². The summed E-state index contributed by atoms with van der Waals surface area (Å²) in [6.07, 6.45) is 0.208. The highest BCUT2D eigenvalue weighted by molar-refractivity contribution is 5.79. The summed E-state index contributed by atoms with van der Waals surface area (Å²) in [6, 6.07) is 19.3. The van der Waals surface area contributed by atoms with Crippen LogP contribution in [0.3, 0.4) is 0 Å². The third kappa shape index (κ3) is 7.13. The standard InChI is InChI=1S/C22H29N3O2/c1-16(2)21(25-19-12-8-5-9-13-19)15-23-22(27)14-20(24-17(3)26)18-10-6-4-7-11-18/h4-13,16,20-21,25H,14-15H2,1-3H3,(H,23,27)(H,24,26). The van der Waals surface area contributed by atoms with E-state index in [1.165, 1.54) is 6.92 Å². The molecule has 0 aliphatic rings. The van der Waals surface area contributed by atoms with Gasteiger partial charge in [-0.3, -0.25) is 9.59 Å². The Morgan fingerprint density at radius 1 is 0.926 bits per heavy atom. The molecule has 2 aromatic carbocycles. The number of amides is 2. The zero-order valence-corrected chi connectivity index (χ0v) is 16.2. The van der Waals surface area contributed by atoms with Crippen molar-refractivity contribution in [3.8, 4) is 0 Å². The minimum atomic E-state index is -0.330. The predicted octanol–water partition coefficient (Wildman–Crippen LogP) is 3.51. The van der Waals surface area contributed by atoms with Crippen molar-refractivity contribution in [1.82, 2.24) is 10.6 Å². The van der Waals surface area contributed by atoms with Crippen LogP contribution in [0.25, 0.3) is 0 Å². The second-order valence-electron chi connectivity index (χ2n) is 7.03. The molecule has 2 rings (SSSR count). The van der Waals surface area contributed by atoms with Gasteiger partial charge in [0, 0.05) is 25.2 Å². The van der Waals surface area contributed by atoms with Gasteiger partial charge in [-0.25, -0.2) is 0 Å². The number of benzene rings is 2. The van der Waals surface area contributed by atoms with E-state index in [2.05, 4.69) is 29.8 Å². The quantitative estimate of drug-likeness (QED) is 0.635. The molecule has 0 saturated heterocycles. The molecule has 5 nitrogen and oxygen atoms in total. The summed E-state index contributed by atoms with van der Waals surface area (Å²) in [4.78, 5) is 24.0. The van der Waals surface area contributed by atoms with Crippen LogP contribution in [0, 0.1) is 5.92 Å². The third-order valence-electron chi connectivity index (χ3n) is 4.42. The Kier molecular flexibility index (Phi) is 7.86. The van der Waals surface area contributed by atoms with Gasteiger partial charge in [0.2, 0.25) is 11.8 Å². The van der Waals surface area contributed by atoms with E-state index < -0.39 is 0 Å². The fourth-order valence-corrected chi connectivity index (χ4v) is 2.87. The number of nitrogens with one attached hydrogen (secondary N) is 3. The van der Waals surface area contributed by atoms with Crippen LogP contribution in [-0.4, -0.2) is 24.4 Å². The SMILES string of the molecule is CC(=O)NC(CC(=O)NCC(Nc1ccccc1)C(C)C)c1ccccc1. The smallest absolute Gasteiger partial charge is 0.222 e. The number of para-hydroxylation sites is 1. The van der Waals surface area contributed by atoms with E-state index in [1.54, 1.807) is 0 Å². The lowest BCUT2D eigenvalue weighted by molar-refractivity contribution is -0.122. The van der Waals surface area contributed by atoms with E-state index in [4.69, 9.17) is 0 Å². The highest BCUT2D eigenvalue weighted by atomic mass is 16.2. The van der Waals surface area contributed by atoms with Gasteiger partial charge in [0.1, 0.15) is 0 Å². The molecule has 2 amide bonds. The van der Waals surface area contributed by atoms with Crippen molar-refractivity contribution in [2.75, 3.05) is 11.9 Å². The van der Waals surface area contributed by atoms with E-state index >= 15 is 0 Å². The summed E-state index contributed by atoms with van der Waals surface area (Å²) in [6.45, 7) is 6.23. The number of carbonyl (C=O) groups excluding carboxylic acids is 2. The number of carbonyl (C=O) groups is 2. The minimum Gasteiger partial charge on any atom is -0.380 e. The van der Waals surface area contributed by atoms with Gasteiger partial charge < -0.3 is 16.0 Å². The number of rotatable bonds is 9. The van der Waals surface area contributed by atoms with Gasteiger partial charge >= 0.3 is 0 Å². The normalized spacial score (nSPS) is 12.9. The van der Waals surface area contributed by atoms with Crippen molar-refractivity contribution in [1.29, 1.82) is 0 Å². The Morgan fingerprint density at radius 2 is 1.52 bits per heavy atom. The average Bonchev–Trinajstić information content (AvgIpc) is 2.65. The summed E-state index contributed by atoms with van der Waals surface area (Å²) < 4.78 is 0. The molecule has 3 N–H and O–H groups in total. The number of hydrogen-bond donors (Lipinski definition) is 3. The Labute approximate surface area is 161 Å². The Balaban J connectivity index is 1.94. The van der Waals surface area contributed by atoms with E-state index in [-0.39, 0.29) is 30.3 Å². The zero-order valence-electron chi connectivity index (χ0n) is 16.2. The van der Waals surface area contributed by atoms with E-state index in [1.807, 2.05) is 60.7 Å². The number of hydrogen-bond acceptors (Lipinski definition) is 3. The van der Waals surface area contributed by atoms with E-state index in [9.17, 15) is 9.59 Å². The second-order valence-corrected chi connectivity index (χ2v) is 7.03. The maximum absolute atomic E-state index is 12.5. The van der Waals surface area contributed by atoms with Gasteiger partial charge in [-0.1, -0.05) is 62.4 Å². The van der Waals surface area contributed by atoms with Crippen molar-refractivity contribution in [3.63, 3.8) is 0 Å². The molecular weight excluding hydrogens is 338 g/mol. The molecule has 144 valence electrons. The molecule has 2 unspecified atom stereocenters. The lowest BCUT2D eigenvalue weighted by Crippen LogP contribution is -2.41. The molecular formula is C22H29N3O2. The lowest BCUT2D eigenvalue weighted by Gasteiger charge is -2.25. The van der Waals surface area contributed by atoms with Crippen LogP contribution in [-0.2, 0) is 9.59 Å². The molecule has 0 fully saturated rings. The topological polar surface area (TPSA) is 70.2 Å². The predicted molar refractivity (Wildman–Crippen MR) is 109 cm³/mol. The fourth-order valence-electron chi connectivity index (χ4n) is 2.87. The molecule has 0 spiro atoms. The van der Waals surface area contributed by atoms with E-state index in [0.29, 0.717) is 12.5 Å².